The van der Waals surface area contributed by atoms with Crippen molar-refractivity contribution in [1.29, 1.82) is 0 Å². The van der Waals surface area contributed by atoms with Crippen LogP contribution in [0.4, 0.5) is 0 Å². The number of carbonyl (C=O) groups is 1. The van der Waals surface area contributed by atoms with Gasteiger partial charge in [0.05, 0.1) is 29.3 Å². The molecule has 2 heterocycles. The van der Waals surface area contributed by atoms with E-state index in [4.69, 9.17) is 0 Å². The van der Waals surface area contributed by atoms with E-state index in [1.54, 1.807) is 18.6 Å². The van der Waals surface area contributed by atoms with Crippen LogP contribution in [0.15, 0.2) is 55.0 Å². The Morgan fingerprint density at radius 1 is 1.12 bits per heavy atom. The van der Waals surface area contributed by atoms with Crippen LogP contribution in [0.2, 0.25) is 0 Å². The average Bonchev–Trinajstić information content (AvgIpc) is 3.35. The third-order valence-corrected chi connectivity index (χ3v) is 4.48. The van der Waals surface area contributed by atoms with E-state index in [0.29, 0.717) is 12.1 Å². The van der Waals surface area contributed by atoms with Crippen LogP contribution >= 0.6 is 0 Å². The molecule has 6 heteroatoms. The number of aromatic amines is 2. The van der Waals surface area contributed by atoms with Crippen molar-refractivity contribution in [3.63, 3.8) is 0 Å². The van der Waals surface area contributed by atoms with Gasteiger partial charge in [-0.05, 0) is 23.6 Å². The number of rotatable bonds is 5. The van der Waals surface area contributed by atoms with Crippen LogP contribution < -0.4 is 5.32 Å². The van der Waals surface area contributed by atoms with Gasteiger partial charge >= 0.3 is 0 Å². The SMILES string of the molecule is CCc1ccc(CNC(=O)c2cccc3c(-c4cnc[nH]4)n[nH]c23)cc1. The maximum atomic E-state index is 12.7. The minimum absolute atomic E-state index is 0.130. The molecule has 2 aromatic carbocycles. The minimum atomic E-state index is -0.130. The van der Waals surface area contributed by atoms with Gasteiger partial charge in [0.25, 0.3) is 5.91 Å². The monoisotopic (exact) mass is 345 g/mol. The summed E-state index contributed by atoms with van der Waals surface area (Å²) >= 11 is 0. The fourth-order valence-corrected chi connectivity index (χ4v) is 2.99. The Morgan fingerprint density at radius 2 is 1.92 bits per heavy atom. The Balaban J connectivity index is 1.57. The van der Waals surface area contributed by atoms with Gasteiger partial charge < -0.3 is 10.3 Å². The van der Waals surface area contributed by atoms with E-state index in [2.05, 4.69) is 44.5 Å². The number of fused-ring (bicyclic) bond motifs is 1. The van der Waals surface area contributed by atoms with E-state index >= 15 is 0 Å². The molecule has 4 aromatic rings. The fraction of sp³-hybridized carbons (Fsp3) is 0.150. The Kier molecular flexibility index (Phi) is 4.23. The van der Waals surface area contributed by atoms with Crippen molar-refractivity contribution in [1.82, 2.24) is 25.5 Å². The lowest BCUT2D eigenvalue weighted by Crippen LogP contribution is -2.23. The second-order valence-electron chi connectivity index (χ2n) is 6.12. The maximum Gasteiger partial charge on any atom is 0.253 e. The second kappa shape index (κ2) is 6.84. The van der Waals surface area contributed by atoms with Gasteiger partial charge in [0.1, 0.15) is 5.69 Å². The average molecular weight is 345 g/mol. The summed E-state index contributed by atoms with van der Waals surface area (Å²) in [5.74, 6) is -0.130. The van der Waals surface area contributed by atoms with Gasteiger partial charge in [0.15, 0.2) is 0 Å². The molecule has 0 spiro atoms. The van der Waals surface area contributed by atoms with Crippen LogP contribution in [0.5, 0.6) is 0 Å². The first-order valence-corrected chi connectivity index (χ1v) is 8.58. The molecule has 6 nitrogen and oxygen atoms in total. The van der Waals surface area contributed by atoms with Gasteiger partial charge in [-0.15, -0.1) is 0 Å². The van der Waals surface area contributed by atoms with E-state index in [1.807, 2.05) is 24.3 Å². The van der Waals surface area contributed by atoms with Crippen LogP contribution in [0, 0.1) is 0 Å². The van der Waals surface area contributed by atoms with E-state index < -0.39 is 0 Å². The summed E-state index contributed by atoms with van der Waals surface area (Å²) in [6.07, 6.45) is 4.33. The van der Waals surface area contributed by atoms with E-state index in [1.165, 1.54) is 5.56 Å². The number of aryl methyl sites for hydroxylation is 1. The molecular weight excluding hydrogens is 326 g/mol. The molecule has 0 fully saturated rings. The highest BCUT2D eigenvalue weighted by Crippen LogP contribution is 2.26. The van der Waals surface area contributed by atoms with Gasteiger partial charge in [0, 0.05) is 11.9 Å². The van der Waals surface area contributed by atoms with Gasteiger partial charge in [-0.3, -0.25) is 9.89 Å². The minimum Gasteiger partial charge on any atom is -0.348 e. The summed E-state index contributed by atoms with van der Waals surface area (Å²) in [6, 6.07) is 13.9. The molecule has 0 aliphatic heterocycles. The Bertz CT molecular complexity index is 1030. The zero-order valence-electron chi connectivity index (χ0n) is 14.4. The number of aromatic nitrogens is 4. The number of carbonyl (C=O) groups excluding carboxylic acids is 1. The van der Waals surface area contributed by atoms with Gasteiger partial charge in [-0.2, -0.15) is 5.10 Å². The predicted molar refractivity (Wildman–Crippen MR) is 101 cm³/mol. The van der Waals surface area contributed by atoms with Crippen molar-refractivity contribution >= 4 is 16.8 Å². The van der Waals surface area contributed by atoms with Crippen molar-refractivity contribution in [2.45, 2.75) is 19.9 Å². The molecule has 3 N–H and O–H groups in total. The fourth-order valence-electron chi connectivity index (χ4n) is 2.99. The molecule has 0 radical (unpaired) electrons. The molecule has 26 heavy (non-hydrogen) atoms. The molecular formula is C20H19N5O. The highest BCUT2D eigenvalue weighted by molar-refractivity contribution is 6.08. The van der Waals surface area contributed by atoms with Crippen LogP contribution in [0.1, 0.15) is 28.4 Å². The van der Waals surface area contributed by atoms with Crippen LogP contribution in [-0.4, -0.2) is 26.1 Å². The number of nitrogens with zero attached hydrogens (tertiary/aromatic N) is 2. The zero-order valence-corrected chi connectivity index (χ0v) is 14.4. The lowest BCUT2D eigenvalue weighted by molar-refractivity contribution is 0.0952. The normalized spacial score (nSPS) is 11.0. The number of nitrogens with one attached hydrogen (secondary N) is 3. The van der Waals surface area contributed by atoms with E-state index in [-0.39, 0.29) is 5.91 Å². The van der Waals surface area contributed by atoms with Crippen molar-refractivity contribution in [3.8, 4) is 11.4 Å². The number of benzene rings is 2. The van der Waals surface area contributed by atoms with E-state index in [0.717, 1.165) is 34.3 Å². The number of imidazole rings is 1. The maximum absolute atomic E-state index is 12.7. The molecule has 0 saturated carbocycles. The highest BCUT2D eigenvalue weighted by atomic mass is 16.1. The molecule has 0 saturated heterocycles. The summed E-state index contributed by atoms with van der Waals surface area (Å²) < 4.78 is 0. The molecule has 1 amide bonds. The van der Waals surface area contributed by atoms with Crippen molar-refractivity contribution < 1.29 is 4.79 Å². The third kappa shape index (κ3) is 2.97. The molecule has 0 aliphatic carbocycles. The molecule has 0 bridgehead atoms. The predicted octanol–water partition coefficient (Wildman–Crippen LogP) is 3.45. The van der Waals surface area contributed by atoms with Crippen molar-refractivity contribution in [3.05, 3.63) is 71.7 Å². The van der Waals surface area contributed by atoms with Crippen molar-refractivity contribution in [2.75, 3.05) is 0 Å². The lowest BCUT2D eigenvalue weighted by atomic mass is 10.1. The summed E-state index contributed by atoms with van der Waals surface area (Å²) in [5.41, 5.74) is 5.22. The van der Waals surface area contributed by atoms with Crippen LogP contribution in [0.25, 0.3) is 22.3 Å². The molecule has 0 atom stereocenters. The topological polar surface area (TPSA) is 86.5 Å². The lowest BCUT2D eigenvalue weighted by Gasteiger charge is -2.07. The molecule has 4 rings (SSSR count). The smallest absolute Gasteiger partial charge is 0.253 e. The molecule has 0 unspecified atom stereocenters. The molecule has 2 aromatic heterocycles. The first kappa shape index (κ1) is 16.1. The van der Waals surface area contributed by atoms with Crippen molar-refractivity contribution in [2.24, 2.45) is 0 Å². The number of para-hydroxylation sites is 1. The Hall–Kier alpha value is -3.41. The van der Waals surface area contributed by atoms with Crippen LogP contribution in [0.3, 0.4) is 0 Å². The Morgan fingerprint density at radius 3 is 2.65 bits per heavy atom. The Labute approximate surface area is 150 Å². The number of hydrogen-bond donors (Lipinski definition) is 3. The zero-order chi connectivity index (χ0) is 17.9. The molecule has 0 aliphatic rings. The number of H-pyrrole nitrogens is 2. The second-order valence-corrected chi connectivity index (χ2v) is 6.12. The first-order valence-electron chi connectivity index (χ1n) is 8.58. The largest absolute Gasteiger partial charge is 0.348 e. The van der Waals surface area contributed by atoms with Gasteiger partial charge in [0.2, 0.25) is 0 Å². The summed E-state index contributed by atoms with van der Waals surface area (Å²) in [6.45, 7) is 2.61. The third-order valence-electron chi connectivity index (χ3n) is 4.48. The highest BCUT2D eigenvalue weighted by Gasteiger charge is 2.15. The number of amides is 1. The van der Waals surface area contributed by atoms with Crippen LogP contribution in [-0.2, 0) is 13.0 Å². The summed E-state index contributed by atoms with van der Waals surface area (Å²) in [7, 11) is 0. The van der Waals surface area contributed by atoms with Gasteiger partial charge in [-0.1, -0.05) is 43.3 Å². The summed E-state index contributed by atoms with van der Waals surface area (Å²) in [5, 5.41) is 11.2. The standard InChI is InChI=1S/C20H19N5O/c1-2-13-6-8-14(9-7-13)10-22-20(26)16-5-3-4-15-18(16)24-25-19(15)17-11-21-12-23-17/h3-9,11-12H,2,10H2,1H3,(H,21,23)(H,22,26)(H,24,25). The first-order chi connectivity index (χ1) is 12.8. The number of hydrogen-bond acceptors (Lipinski definition) is 3. The quantitative estimate of drug-likeness (QED) is 0.518. The summed E-state index contributed by atoms with van der Waals surface area (Å²) in [4.78, 5) is 19.7. The van der Waals surface area contributed by atoms with Gasteiger partial charge in [-0.25, -0.2) is 4.98 Å². The molecule has 130 valence electrons. The van der Waals surface area contributed by atoms with E-state index in [9.17, 15) is 4.79 Å².